The van der Waals surface area contributed by atoms with Crippen molar-refractivity contribution in [1.82, 2.24) is 0 Å². The monoisotopic (exact) mass is 230 g/mol. The number of benzene rings is 1. The summed E-state index contributed by atoms with van der Waals surface area (Å²) in [5.41, 5.74) is -0.135. The van der Waals surface area contributed by atoms with Crippen LogP contribution in [-0.4, -0.2) is 18.0 Å². The Bertz CT molecular complexity index is 575. The molecule has 0 atom stereocenters. The van der Waals surface area contributed by atoms with Gasteiger partial charge in [0.1, 0.15) is 11.6 Å². The maximum Gasteiger partial charge on any atom is 0.384 e. The van der Waals surface area contributed by atoms with Gasteiger partial charge in [0, 0.05) is 17.6 Å². The molecule has 84 valence electrons. The van der Waals surface area contributed by atoms with Crippen molar-refractivity contribution in [2.24, 2.45) is 0 Å². The van der Waals surface area contributed by atoms with Crippen LogP contribution >= 0.6 is 0 Å². The first-order valence-corrected chi connectivity index (χ1v) is 4.37. The third kappa shape index (κ3) is 3.05. The lowest BCUT2D eigenvalue weighted by atomic mass is 10.1. The number of hydrogen-bond donors (Lipinski definition) is 0. The van der Waals surface area contributed by atoms with Crippen molar-refractivity contribution in [3.05, 3.63) is 39.4 Å². The zero-order chi connectivity index (χ0) is 12.8. The van der Waals surface area contributed by atoms with Gasteiger partial charge in [0.05, 0.1) is 12.0 Å². The van der Waals surface area contributed by atoms with Gasteiger partial charge in [0.15, 0.2) is 0 Å². The number of nitriles is 1. The van der Waals surface area contributed by atoms with Gasteiger partial charge in [-0.1, -0.05) is 5.92 Å². The number of methoxy groups -OCH3 is 1. The van der Waals surface area contributed by atoms with E-state index >= 15 is 0 Å². The molecule has 0 heterocycles. The van der Waals surface area contributed by atoms with E-state index in [0.717, 1.165) is 6.07 Å². The van der Waals surface area contributed by atoms with E-state index in [-0.39, 0.29) is 16.8 Å². The van der Waals surface area contributed by atoms with Gasteiger partial charge in [-0.15, -0.1) is 0 Å². The van der Waals surface area contributed by atoms with Crippen molar-refractivity contribution >= 4 is 11.7 Å². The SMILES string of the molecule is COC(=O)C#Cc1ccc(C#N)c([N+](=O)[O-])c1. The summed E-state index contributed by atoms with van der Waals surface area (Å²) >= 11 is 0. The quantitative estimate of drug-likeness (QED) is 0.310. The number of ether oxygens (including phenoxy) is 1. The molecule has 0 aliphatic rings. The fourth-order valence-electron chi connectivity index (χ4n) is 1.03. The Morgan fingerprint density at radius 1 is 1.53 bits per heavy atom. The van der Waals surface area contributed by atoms with Gasteiger partial charge in [0.2, 0.25) is 0 Å². The minimum Gasteiger partial charge on any atom is -0.459 e. The molecule has 1 aromatic carbocycles. The van der Waals surface area contributed by atoms with Crippen LogP contribution in [0.3, 0.4) is 0 Å². The molecule has 6 nitrogen and oxygen atoms in total. The molecule has 0 aliphatic heterocycles. The molecular weight excluding hydrogens is 224 g/mol. The predicted molar refractivity (Wildman–Crippen MR) is 56.7 cm³/mol. The lowest BCUT2D eigenvalue weighted by Gasteiger charge is -1.95. The average Bonchev–Trinajstić information content (AvgIpc) is 2.35. The Hall–Kier alpha value is -2.86. The van der Waals surface area contributed by atoms with Crippen LogP contribution in [0, 0.1) is 33.3 Å². The van der Waals surface area contributed by atoms with E-state index in [1.54, 1.807) is 6.07 Å². The summed E-state index contributed by atoms with van der Waals surface area (Å²) in [6.45, 7) is 0. The van der Waals surface area contributed by atoms with Crippen molar-refractivity contribution in [1.29, 1.82) is 5.26 Å². The van der Waals surface area contributed by atoms with Crippen LogP contribution in [0.2, 0.25) is 0 Å². The Morgan fingerprint density at radius 2 is 2.24 bits per heavy atom. The first kappa shape index (κ1) is 12.2. The second-order valence-corrected chi connectivity index (χ2v) is 2.84. The Labute approximate surface area is 96.6 Å². The zero-order valence-corrected chi connectivity index (χ0v) is 8.76. The molecule has 0 saturated heterocycles. The minimum atomic E-state index is -0.739. The molecule has 0 N–H and O–H groups in total. The molecule has 17 heavy (non-hydrogen) atoms. The maximum atomic E-state index is 10.7. The Balaban J connectivity index is 3.17. The van der Waals surface area contributed by atoms with E-state index in [9.17, 15) is 14.9 Å². The number of esters is 1. The molecule has 1 rings (SSSR count). The molecule has 0 saturated carbocycles. The van der Waals surface area contributed by atoms with Gasteiger partial charge < -0.3 is 4.74 Å². The average molecular weight is 230 g/mol. The second kappa shape index (κ2) is 5.29. The van der Waals surface area contributed by atoms with Crippen LogP contribution in [0.5, 0.6) is 0 Å². The first-order valence-electron chi connectivity index (χ1n) is 4.37. The number of carbonyl (C=O) groups is 1. The Morgan fingerprint density at radius 3 is 2.76 bits per heavy atom. The first-order chi connectivity index (χ1) is 8.08. The van der Waals surface area contributed by atoms with Crippen molar-refractivity contribution < 1.29 is 14.5 Å². The number of rotatable bonds is 1. The predicted octanol–water partition coefficient (Wildman–Crippen LogP) is 0.991. The highest BCUT2D eigenvalue weighted by atomic mass is 16.6. The summed E-state index contributed by atoms with van der Waals surface area (Å²) in [7, 11) is 1.18. The summed E-state index contributed by atoms with van der Waals surface area (Å²) in [4.78, 5) is 20.7. The Kier molecular flexibility index (Phi) is 3.80. The van der Waals surface area contributed by atoms with E-state index in [1.165, 1.54) is 19.2 Å². The van der Waals surface area contributed by atoms with Crippen molar-refractivity contribution in [2.75, 3.05) is 7.11 Å². The third-order valence-electron chi connectivity index (χ3n) is 1.81. The largest absolute Gasteiger partial charge is 0.459 e. The maximum absolute atomic E-state index is 10.7. The topological polar surface area (TPSA) is 93.2 Å². The molecule has 0 amide bonds. The van der Waals surface area contributed by atoms with Crippen molar-refractivity contribution in [3.63, 3.8) is 0 Å². The smallest absolute Gasteiger partial charge is 0.384 e. The molecule has 0 aliphatic carbocycles. The van der Waals surface area contributed by atoms with Gasteiger partial charge in [-0.05, 0) is 12.1 Å². The van der Waals surface area contributed by atoms with Crippen LogP contribution in [0.1, 0.15) is 11.1 Å². The number of nitrogens with zero attached hydrogens (tertiary/aromatic N) is 2. The molecule has 6 heteroatoms. The molecule has 0 fully saturated rings. The van der Waals surface area contributed by atoms with Crippen LogP contribution in [0.25, 0.3) is 0 Å². The normalized spacial score (nSPS) is 8.47. The fraction of sp³-hybridized carbons (Fsp3) is 0.0909. The summed E-state index contributed by atoms with van der Waals surface area (Å²) in [6.07, 6.45) is 0. The third-order valence-corrected chi connectivity index (χ3v) is 1.81. The highest BCUT2D eigenvalue weighted by Gasteiger charge is 2.13. The fourth-order valence-corrected chi connectivity index (χ4v) is 1.03. The molecule has 0 unspecified atom stereocenters. The number of nitro groups is 1. The van der Waals surface area contributed by atoms with E-state index in [0.29, 0.717) is 0 Å². The highest BCUT2D eigenvalue weighted by molar-refractivity contribution is 5.89. The van der Waals surface area contributed by atoms with Crippen molar-refractivity contribution in [3.8, 4) is 17.9 Å². The summed E-state index contributed by atoms with van der Waals surface area (Å²) in [5, 5.41) is 19.3. The molecule has 1 aromatic rings. The van der Waals surface area contributed by atoms with Gasteiger partial charge in [-0.2, -0.15) is 5.26 Å². The van der Waals surface area contributed by atoms with Gasteiger partial charge in [-0.3, -0.25) is 10.1 Å². The van der Waals surface area contributed by atoms with E-state index in [1.807, 2.05) is 0 Å². The molecular formula is C11H6N2O4. The molecule has 0 aromatic heterocycles. The standard InChI is InChI=1S/C11H6N2O4/c1-17-11(14)5-3-8-2-4-9(7-12)10(6-8)13(15)16/h2,4,6H,1H3. The minimum absolute atomic E-state index is 0.0568. The molecule has 0 radical (unpaired) electrons. The zero-order valence-electron chi connectivity index (χ0n) is 8.76. The summed E-state index contributed by atoms with van der Waals surface area (Å²) in [5.74, 6) is 3.80. The number of hydrogen-bond acceptors (Lipinski definition) is 5. The lowest BCUT2D eigenvalue weighted by molar-refractivity contribution is -0.385. The highest BCUT2D eigenvalue weighted by Crippen LogP contribution is 2.18. The molecule has 0 bridgehead atoms. The van der Waals surface area contributed by atoms with Gasteiger partial charge in [0.25, 0.3) is 5.69 Å². The van der Waals surface area contributed by atoms with Crippen LogP contribution in [-0.2, 0) is 9.53 Å². The van der Waals surface area contributed by atoms with Crippen LogP contribution < -0.4 is 0 Å². The number of carbonyl (C=O) groups excluding carboxylic acids is 1. The van der Waals surface area contributed by atoms with E-state index in [2.05, 4.69) is 16.6 Å². The second-order valence-electron chi connectivity index (χ2n) is 2.84. The van der Waals surface area contributed by atoms with Crippen LogP contribution in [0.4, 0.5) is 5.69 Å². The van der Waals surface area contributed by atoms with Gasteiger partial charge in [-0.25, -0.2) is 4.79 Å². The van der Waals surface area contributed by atoms with Crippen molar-refractivity contribution in [2.45, 2.75) is 0 Å². The summed E-state index contributed by atoms with van der Waals surface area (Å²) in [6, 6.07) is 5.53. The van der Waals surface area contributed by atoms with Gasteiger partial charge >= 0.3 is 5.97 Å². The summed E-state index contributed by atoms with van der Waals surface area (Å²) < 4.78 is 4.30. The van der Waals surface area contributed by atoms with E-state index in [4.69, 9.17) is 5.26 Å². The lowest BCUT2D eigenvalue weighted by Crippen LogP contribution is -1.95. The number of nitro benzene ring substituents is 1. The van der Waals surface area contributed by atoms with Crippen LogP contribution in [0.15, 0.2) is 18.2 Å². The van der Waals surface area contributed by atoms with E-state index < -0.39 is 10.9 Å². The molecule has 0 spiro atoms.